The molecule has 1 N–H and O–H groups in total. The number of aromatic nitrogens is 2. The van der Waals surface area contributed by atoms with Crippen molar-refractivity contribution in [3.05, 3.63) is 83.2 Å². The van der Waals surface area contributed by atoms with Gasteiger partial charge in [-0.2, -0.15) is 5.10 Å². The van der Waals surface area contributed by atoms with E-state index in [0.717, 1.165) is 30.6 Å². The van der Waals surface area contributed by atoms with E-state index in [1.165, 1.54) is 24.0 Å². The number of nitrogens with zero attached hydrogens (tertiary/aromatic N) is 2. The molecule has 136 valence electrons. The van der Waals surface area contributed by atoms with E-state index in [9.17, 15) is 4.79 Å². The van der Waals surface area contributed by atoms with Gasteiger partial charge in [0.15, 0.2) is 0 Å². The Balaban J connectivity index is 1.47. The van der Waals surface area contributed by atoms with Crippen LogP contribution in [0.25, 0.3) is 5.69 Å². The van der Waals surface area contributed by atoms with Gasteiger partial charge in [0.1, 0.15) is 5.69 Å². The molecule has 0 aliphatic heterocycles. The highest BCUT2D eigenvalue weighted by Crippen LogP contribution is 2.40. The Morgan fingerprint density at radius 1 is 1.00 bits per heavy atom. The molecule has 27 heavy (non-hydrogen) atoms. The van der Waals surface area contributed by atoms with Crippen molar-refractivity contribution in [1.29, 1.82) is 0 Å². The largest absolute Gasteiger partial charge is 0.344 e. The Labute approximate surface area is 159 Å². The van der Waals surface area contributed by atoms with Gasteiger partial charge in [0.25, 0.3) is 5.91 Å². The predicted molar refractivity (Wildman–Crippen MR) is 105 cm³/mol. The second-order valence-corrected chi connectivity index (χ2v) is 7.59. The van der Waals surface area contributed by atoms with Crippen LogP contribution in [0.3, 0.4) is 0 Å². The van der Waals surface area contributed by atoms with E-state index in [1.807, 2.05) is 36.4 Å². The first-order valence-electron chi connectivity index (χ1n) is 9.83. The van der Waals surface area contributed by atoms with Gasteiger partial charge in [0.2, 0.25) is 0 Å². The Bertz CT molecular complexity index is 972. The molecule has 1 saturated carbocycles. The quantitative estimate of drug-likeness (QED) is 0.744. The van der Waals surface area contributed by atoms with E-state index in [1.54, 1.807) is 4.68 Å². The summed E-state index contributed by atoms with van der Waals surface area (Å²) in [6.45, 7) is 0. The topological polar surface area (TPSA) is 46.9 Å². The average molecular weight is 357 g/mol. The van der Waals surface area contributed by atoms with E-state index < -0.39 is 0 Å². The zero-order valence-corrected chi connectivity index (χ0v) is 15.3. The van der Waals surface area contributed by atoms with Crippen LogP contribution in [0, 0.1) is 0 Å². The molecule has 1 aromatic heterocycles. The summed E-state index contributed by atoms with van der Waals surface area (Å²) in [5.41, 5.74) is 5.20. The minimum absolute atomic E-state index is 0.0417. The highest BCUT2D eigenvalue weighted by Gasteiger charge is 2.30. The summed E-state index contributed by atoms with van der Waals surface area (Å²) in [4.78, 5) is 13.2. The van der Waals surface area contributed by atoms with E-state index in [4.69, 9.17) is 5.10 Å². The highest BCUT2D eigenvalue weighted by atomic mass is 16.2. The minimum atomic E-state index is -0.0417. The van der Waals surface area contributed by atoms with Crippen LogP contribution in [0.1, 0.15) is 65.0 Å². The monoisotopic (exact) mass is 357 g/mol. The van der Waals surface area contributed by atoms with Crippen molar-refractivity contribution in [2.24, 2.45) is 0 Å². The van der Waals surface area contributed by atoms with Gasteiger partial charge in [-0.25, -0.2) is 4.68 Å². The van der Waals surface area contributed by atoms with Crippen molar-refractivity contribution >= 4 is 5.91 Å². The Morgan fingerprint density at radius 2 is 1.78 bits per heavy atom. The van der Waals surface area contributed by atoms with Crippen molar-refractivity contribution in [3.8, 4) is 5.69 Å². The number of benzene rings is 2. The molecule has 5 rings (SSSR count). The molecule has 0 radical (unpaired) electrons. The van der Waals surface area contributed by atoms with Crippen LogP contribution in [0.2, 0.25) is 0 Å². The van der Waals surface area contributed by atoms with Gasteiger partial charge in [-0.1, -0.05) is 42.5 Å². The van der Waals surface area contributed by atoms with Crippen LogP contribution in [0.5, 0.6) is 0 Å². The fourth-order valence-electron chi connectivity index (χ4n) is 4.04. The lowest BCUT2D eigenvalue weighted by Gasteiger charge is -2.26. The van der Waals surface area contributed by atoms with Gasteiger partial charge < -0.3 is 5.32 Å². The number of hydrogen-bond donors (Lipinski definition) is 1. The first-order chi connectivity index (χ1) is 13.3. The van der Waals surface area contributed by atoms with Crippen LogP contribution in [-0.2, 0) is 6.42 Å². The SMILES string of the molecule is O=C(NC1CCCc2ccccc21)c1cc(C2CC2)nn1-c1ccccc1. The molecule has 1 atom stereocenters. The van der Waals surface area contributed by atoms with E-state index in [-0.39, 0.29) is 11.9 Å². The van der Waals surface area contributed by atoms with Crippen molar-refractivity contribution < 1.29 is 4.79 Å². The molecule has 0 spiro atoms. The second-order valence-electron chi connectivity index (χ2n) is 7.59. The maximum Gasteiger partial charge on any atom is 0.270 e. The first kappa shape index (κ1) is 16.3. The van der Waals surface area contributed by atoms with Gasteiger partial charge in [0.05, 0.1) is 17.4 Å². The van der Waals surface area contributed by atoms with Gasteiger partial charge in [-0.3, -0.25) is 4.79 Å². The average Bonchev–Trinajstić information content (AvgIpc) is 3.47. The van der Waals surface area contributed by atoms with Crippen molar-refractivity contribution in [1.82, 2.24) is 15.1 Å². The molecule has 1 fully saturated rings. The number of carbonyl (C=O) groups excluding carboxylic acids is 1. The Hall–Kier alpha value is -2.88. The van der Waals surface area contributed by atoms with Crippen LogP contribution in [0.15, 0.2) is 60.7 Å². The zero-order valence-electron chi connectivity index (χ0n) is 15.3. The van der Waals surface area contributed by atoms with Crippen molar-refractivity contribution in [3.63, 3.8) is 0 Å². The summed E-state index contributed by atoms with van der Waals surface area (Å²) in [5, 5.41) is 8.03. The molecule has 0 saturated heterocycles. The number of nitrogens with one attached hydrogen (secondary N) is 1. The molecule has 2 aromatic carbocycles. The summed E-state index contributed by atoms with van der Waals surface area (Å²) in [6, 6.07) is 20.4. The van der Waals surface area contributed by atoms with Crippen LogP contribution in [0.4, 0.5) is 0 Å². The maximum absolute atomic E-state index is 13.2. The summed E-state index contributed by atoms with van der Waals surface area (Å²) in [6.07, 6.45) is 5.52. The molecular formula is C23H23N3O. The molecule has 2 aliphatic rings. The number of amides is 1. The Kier molecular flexibility index (Phi) is 4.04. The predicted octanol–water partition coefficient (Wildman–Crippen LogP) is 4.56. The molecule has 4 heteroatoms. The van der Waals surface area contributed by atoms with Crippen LogP contribution >= 0.6 is 0 Å². The Morgan fingerprint density at radius 3 is 2.59 bits per heavy atom. The molecule has 1 heterocycles. The van der Waals surface area contributed by atoms with Crippen LogP contribution in [-0.4, -0.2) is 15.7 Å². The highest BCUT2D eigenvalue weighted by molar-refractivity contribution is 5.93. The molecule has 1 unspecified atom stereocenters. The van der Waals surface area contributed by atoms with E-state index >= 15 is 0 Å². The minimum Gasteiger partial charge on any atom is -0.344 e. The third-order valence-corrected chi connectivity index (χ3v) is 5.63. The number of aryl methyl sites for hydroxylation is 1. The van der Waals surface area contributed by atoms with Crippen LogP contribution < -0.4 is 5.32 Å². The van der Waals surface area contributed by atoms with Gasteiger partial charge >= 0.3 is 0 Å². The van der Waals surface area contributed by atoms with E-state index in [0.29, 0.717) is 11.6 Å². The lowest BCUT2D eigenvalue weighted by atomic mass is 9.87. The third kappa shape index (κ3) is 3.16. The molecular weight excluding hydrogens is 334 g/mol. The third-order valence-electron chi connectivity index (χ3n) is 5.63. The number of carbonyl (C=O) groups is 1. The molecule has 3 aromatic rings. The van der Waals surface area contributed by atoms with Crippen molar-refractivity contribution in [2.75, 3.05) is 0 Å². The van der Waals surface area contributed by atoms with E-state index in [2.05, 4.69) is 29.6 Å². The molecule has 2 aliphatic carbocycles. The molecule has 0 bridgehead atoms. The fraction of sp³-hybridized carbons (Fsp3) is 0.304. The lowest BCUT2D eigenvalue weighted by molar-refractivity contribution is 0.0925. The smallest absolute Gasteiger partial charge is 0.270 e. The van der Waals surface area contributed by atoms with Crippen molar-refractivity contribution in [2.45, 2.75) is 44.1 Å². The summed E-state index contributed by atoms with van der Waals surface area (Å²) in [7, 11) is 0. The number of rotatable bonds is 4. The number of para-hydroxylation sites is 1. The maximum atomic E-state index is 13.2. The standard InChI is InChI=1S/C23H23N3O/c27-23(24-20-12-6-8-16-7-4-5-11-19(16)20)22-15-21(17-13-14-17)25-26(22)18-9-2-1-3-10-18/h1-5,7,9-11,15,17,20H,6,8,12-14H2,(H,24,27). The van der Waals surface area contributed by atoms with Gasteiger partial charge in [-0.15, -0.1) is 0 Å². The molecule has 4 nitrogen and oxygen atoms in total. The lowest BCUT2D eigenvalue weighted by Crippen LogP contribution is -2.32. The van der Waals surface area contributed by atoms with Gasteiger partial charge in [0, 0.05) is 5.92 Å². The summed E-state index contributed by atoms with van der Waals surface area (Å²) in [5.74, 6) is 0.469. The van der Waals surface area contributed by atoms with Gasteiger partial charge in [-0.05, 0) is 61.4 Å². The zero-order chi connectivity index (χ0) is 18.2. The summed E-state index contributed by atoms with van der Waals surface area (Å²) < 4.78 is 1.80. The molecule has 1 amide bonds. The fourth-order valence-corrected chi connectivity index (χ4v) is 4.04. The summed E-state index contributed by atoms with van der Waals surface area (Å²) >= 11 is 0. The number of fused-ring (bicyclic) bond motifs is 1. The normalized spacial score (nSPS) is 18.7. The number of hydrogen-bond acceptors (Lipinski definition) is 2. The second kappa shape index (κ2) is 6.69. The first-order valence-corrected chi connectivity index (χ1v) is 9.83.